The highest BCUT2D eigenvalue weighted by molar-refractivity contribution is 6.25. The Morgan fingerprint density at radius 3 is 2.11 bits per heavy atom. The fraction of sp³-hybridized carbons (Fsp3) is 0.357. The van der Waals surface area contributed by atoms with Crippen LogP contribution in [0.5, 0.6) is 11.5 Å². The molecule has 35 heavy (non-hydrogen) atoms. The summed E-state index contributed by atoms with van der Waals surface area (Å²) in [7, 11) is 1.62. The molecule has 7 heteroatoms. The number of hydrogen-bond donors (Lipinski definition) is 1. The van der Waals surface area contributed by atoms with Gasteiger partial charge < -0.3 is 19.5 Å². The van der Waals surface area contributed by atoms with Crippen LogP contribution in [0.25, 0.3) is 10.8 Å². The number of imide groups is 1. The Bertz CT molecular complexity index is 1170. The van der Waals surface area contributed by atoms with Gasteiger partial charge in [-0.25, -0.2) is 0 Å². The highest BCUT2D eigenvalue weighted by Crippen LogP contribution is 2.31. The molecule has 0 aromatic heterocycles. The zero-order valence-corrected chi connectivity index (χ0v) is 19.9. The monoisotopic (exact) mass is 474 g/mol. The van der Waals surface area contributed by atoms with Gasteiger partial charge in [0, 0.05) is 29.6 Å². The Labute approximate surface area is 204 Å². The highest BCUT2D eigenvalue weighted by atomic mass is 16.5. The Morgan fingerprint density at radius 2 is 1.51 bits per heavy atom. The largest absolute Gasteiger partial charge is 0.497 e. The first-order valence-electron chi connectivity index (χ1n) is 12.1. The number of aliphatic hydroxyl groups excluding tert-OH is 1. The Balaban J connectivity index is 1.12. The molecule has 0 saturated carbocycles. The van der Waals surface area contributed by atoms with E-state index in [0.29, 0.717) is 30.0 Å². The fourth-order valence-electron chi connectivity index (χ4n) is 5.07. The van der Waals surface area contributed by atoms with Gasteiger partial charge in [0.05, 0.1) is 7.11 Å². The Kier molecular flexibility index (Phi) is 6.70. The zero-order valence-electron chi connectivity index (χ0n) is 19.9. The number of piperidine rings is 1. The van der Waals surface area contributed by atoms with Crippen molar-refractivity contribution in [2.75, 3.05) is 39.9 Å². The van der Waals surface area contributed by atoms with E-state index in [1.807, 2.05) is 60.7 Å². The van der Waals surface area contributed by atoms with Crippen LogP contribution in [-0.4, -0.2) is 72.7 Å². The molecule has 2 aliphatic rings. The van der Waals surface area contributed by atoms with Crippen molar-refractivity contribution in [2.45, 2.75) is 18.9 Å². The lowest BCUT2D eigenvalue weighted by molar-refractivity contribution is 0.0453. The van der Waals surface area contributed by atoms with Gasteiger partial charge >= 0.3 is 0 Å². The van der Waals surface area contributed by atoms with E-state index in [4.69, 9.17) is 9.47 Å². The van der Waals surface area contributed by atoms with Gasteiger partial charge in [0.15, 0.2) is 0 Å². The molecule has 0 bridgehead atoms. The maximum Gasteiger partial charge on any atom is 0.261 e. The molecular formula is C28H30N2O5. The number of likely N-dealkylation sites (tertiary alicyclic amines) is 1. The van der Waals surface area contributed by atoms with Crippen LogP contribution in [0.2, 0.25) is 0 Å². The molecule has 0 spiro atoms. The van der Waals surface area contributed by atoms with E-state index in [9.17, 15) is 14.7 Å². The molecule has 5 rings (SSSR count). The molecule has 3 aromatic carbocycles. The van der Waals surface area contributed by atoms with Crippen molar-refractivity contribution in [3.63, 3.8) is 0 Å². The third-order valence-corrected chi connectivity index (χ3v) is 6.97. The lowest BCUT2D eigenvalue weighted by Crippen LogP contribution is -2.46. The first-order valence-corrected chi connectivity index (χ1v) is 12.1. The SMILES string of the molecule is COc1ccc(OC[C@H](O)CN2CCC(CN3C(=O)c4cccc5cccc(c45)C3=O)CC2)cc1. The van der Waals surface area contributed by atoms with Gasteiger partial charge in [0.25, 0.3) is 11.8 Å². The normalized spacial score (nSPS) is 17.6. The topological polar surface area (TPSA) is 79.3 Å². The number of benzene rings is 3. The summed E-state index contributed by atoms with van der Waals surface area (Å²) in [5.41, 5.74) is 1.21. The second kappa shape index (κ2) is 10.1. The van der Waals surface area contributed by atoms with Crippen LogP contribution in [-0.2, 0) is 0 Å². The van der Waals surface area contributed by atoms with Crippen LogP contribution >= 0.6 is 0 Å². The third-order valence-electron chi connectivity index (χ3n) is 6.97. The number of hydrogen-bond acceptors (Lipinski definition) is 6. The number of methoxy groups -OCH3 is 1. The van der Waals surface area contributed by atoms with Crippen molar-refractivity contribution >= 4 is 22.6 Å². The number of amides is 2. The number of rotatable bonds is 8. The molecule has 3 aromatic rings. The first-order chi connectivity index (χ1) is 17.0. The van der Waals surface area contributed by atoms with Gasteiger partial charge in [-0.05, 0) is 73.6 Å². The Hall–Kier alpha value is -3.42. The minimum absolute atomic E-state index is 0.201. The highest BCUT2D eigenvalue weighted by Gasteiger charge is 2.34. The number of nitrogens with zero attached hydrogens (tertiary/aromatic N) is 2. The van der Waals surface area contributed by atoms with E-state index in [0.717, 1.165) is 42.5 Å². The molecule has 0 aliphatic carbocycles. The predicted molar refractivity (Wildman–Crippen MR) is 133 cm³/mol. The second-order valence-electron chi connectivity index (χ2n) is 9.31. The molecule has 0 radical (unpaired) electrons. The average molecular weight is 475 g/mol. The van der Waals surface area contributed by atoms with Crippen LogP contribution < -0.4 is 9.47 Å². The maximum absolute atomic E-state index is 13.2. The minimum Gasteiger partial charge on any atom is -0.497 e. The smallest absolute Gasteiger partial charge is 0.261 e. The molecule has 2 aliphatic heterocycles. The van der Waals surface area contributed by atoms with Gasteiger partial charge in [-0.3, -0.25) is 14.5 Å². The summed E-state index contributed by atoms with van der Waals surface area (Å²) in [5, 5.41) is 12.1. The summed E-state index contributed by atoms with van der Waals surface area (Å²) < 4.78 is 10.8. The second-order valence-corrected chi connectivity index (χ2v) is 9.31. The summed E-state index contributed by atoms with van der Waals surface area (Å²) in [6.45, 7) is 2.80. The number of carbonyl (C=O) groups is 2. The third kappa shape index (κ3) is 4.88. The van der Waals surface area contributed by atoms with Crippen LogP contribution in [0, 0.1) is 5.92 Å². The summed E-state index contributed by atoms with van der Waals surface area (Å²) in [4.78, 5) is 30.0. The van der Waals surface area contributed by atoms with Crippen molar-refractivity contribution in [3.05, 3.63) is 71.8 Å². The molecule has 2 heterocycles. The molecule has 182 valence electrons. The van der Waals surface area contributed by atoms with Crippen molar-refractivity contribution in [2.24, 2.45) is 5.92 Å². The predicted octanol–water partition coefficient (Wildman–Crippen LogP) is 3.60. The molecule has 0 unspecified atom stereocenters. The van der Waals surface area contributed by atoms with Crippen LogP contribution in [0.4, 0.5) is 0 Å². The summed E-state index contributed by atoms with van der Waals surface area (Å²) in [5.74, 6) is 1.30. The summed E-state index contributed by atoms with van der Waals surface area (Å²) in [6.07, 6.45) is 1.14. The van der Waals surface area contributed by atoms with Gasteiger partial charge in [-0.2, -0.15) is 0 Å². The number of aliphatic hydroxyl groups is 1. The molecular weight excluding hydrogens is 444 g/mol. The molecule has 7 nitrogen and oxygen atoms in total. The lowest BCUT2D eigenvalue weighted by Gasteiger charge is -2.36. The molecule has 1 fully saturated rings. The zero-order chi connectivity index (χ0) is 24.4. The van der Waals surface area contributed by atoms with E-state index < -0.39 is 6.10 Å². The van der Waals surface area contributed by atoms with E-state index >= 15 is 0 Å². The molecule has 1 atom stereocenters. The summed E-state index contributed by atoms with van der Waals surface area (Å²) >= 11 is 0. The minimum atomic E-state index is -0.601. The quantitative estimate of drug-likeness (QED) is 0.503. The van der Waals surface area contributed by atoms with Crippen molar-refractivity contribution in [1.29, 1.82) is 0 Å². The molecule has 1 saturated heterocycles. The first kappa shape index (κ1) is 23.3. The van der Waals surface area contributed by atoms with Crippen LogP contribution in [0.3, 0.4) is 0 Å². The maximum atomic E-state index is 13.2. The van der Waals surface area contributed by atoms with E-state index in [-0.39, 0.29) is 24.3 Å². The van der Waals surface area contributed by atoms with Crippen molar-refractivity contribution < 1.29 is 24.2 Å². The van der Waals surface area contributed by atoms with Gasteiger partial charge in [-0.15, -0.1) is 0 Å². The molecule has 2 amide bonds. The number of β-amino-alcohol motifs (C(OH)–C–C–N with tert-alkyl or cyclic N) is 1. The average Bonchev–Trinajstić information content (AvgIpc) is 2.89. The van der Waals surface area contributed by atoms with E-state index in [2.05, 4.69) is 4.90 Å². The van der Waals surface area contributed by atoms with Gasteiger partial charge in [-0.1, -0.05) is 24.3 Å². The van der Waals surface area contributed by atoms with E-state index in [1.54, 1.807) is 7.11 Å². The van der Waals surface area contributed by atoms with Crippen LogP contribution in [0.15, 0.2) is 60.7 Å². The lowest BCUT2D eigenvalue weighted by atomic mass is 9.91. The number of ether oxygens (including phenoxy) is 2. The van der Waals surface area contributed by atoms with Crippen molar-refractivity contribution in [1.82, 2.24) is 9.80 Å². The van der Waals surface area contributed by atoms with Gasteiger partial charge in [0.2, 0.25) is 0 Å². The number of carbonyl (C=O) groups excluding carboxylic acids is 2. The Morgan fingerprint density at radius 1 is 0.914 bits per heavy atom. The van der Waals surface area contributed by atoms with E-state index in [1.165, 1.54) is 4.90 Å². The van der Waals surface area contributed by atoms with Crippen LogP contribution in [0.1, 0.15) is 33.6 Å². The summed E-state index contributed by atoms with van der Waals surface area (Å²) in [6, 6.07) is 18.5. The fourth-order valence-corrected chi connectivity index (χ4v) is 5.07. The van der Waals surface area contributed by atoms with Gasteiger partial charge in [0.1, 0.15) is 24.2 Å². The molecule has 1 N–H and O–H groups in total. The van der Waals surface area contributed by atoms with Crippen molar-refractivity contribution in [3.8, 4) is 11.5 Å². The standard InChI is InChI=1S/C28H30N2O5/c1-34-22-8-10-23(11-9-22)35-18-21(31)17-29-14-12-19(13-15-29)16-30-27(32)24-6-2-4-20-5-3-7-25(26(20)24)28(30)33/h2-11,19,21,31H,12-18H2,1H3/t21-/m1/s1.